The summed E-state index contributed by atoms with van der Waals surface area (Å²) in [5.74, 6) is -0.254. The van der Waals surface area contributed by atoms with Crippen LogP contribution in [0, 0.1) is 14.5 Å². The Kier molecular flexibility index (Phi) is 10.4. The van der Waals surface area contributed by atoms with E-state index in [1.165, 1.54) is 16.2 Å². The SMILES string of the molecule is [CH2-]N(CC[NH-])C(=O)c1csc(-c2cnn(C(C)C)c2)n1.[CH3-].[Cs+]. The Labute approximate surface area is 194 Å². The quantitative estimate of drug-likeness (QED) is 0.631. The molecular weight excluding hydrogens is 419 g/mol. The Morgan fingerprint density at radius 2 is 2.23 bits per heavy atom. The molecule has 0 fully saturated rings. The van der Waals surface area contributed by atoms with Crippen LogP contribution in [0.5, 0.6) is 0 Å². The van der Waals surface area contributed by atoms with E-state index in [0.29, 0.717) is 12.2 Å². The summed E-state index contributed by atoms with van der Waals surface area (Å²) in [7, 11) is 3.63. The van der Waals surface area contributed by atoms with Gasteiger partial charge in [0.25, 0.3) is 0 Å². The number of carbonyl (C=O) groups excluding carboxylic acids is 1. The van der Waals surface area contributed by atoms with Gasteiger partial charge >= 0.3 is 68.9 Å². The third kappa shape index (κ3) is 5.45. The molecule has 0 atom stereocenters. The van der Waals surface area contributed by atoms with Gasteiger partial charge in [-0.05, 0) is 20.4 Å². The van der Waals surface area contributed by atoms with Crippen LogP contribution in [0.2, 0.25) is 0 Å². The van der Waals surface area contributed by atoms with Crippen molar-refractivity contribution >= 4 is 17.2 Å². The molecule has 0 spiro atoms. The zero-order valence-corrected chi connectivity index (χ0v) is 20.6. The molecule has 2 heterocycles. The normalized spacial score (nSPS) is 10.0. The molecule has 2 aromatic heterocycles. The maximum Gasteiger partial charge on any atom is 1.00 e. The van der Waals surface area contributed by atoms with E-state index in [2.05, 4.69) is 31.0 Å². The van der Waals surface area contributed by atoms with Crippen LogP contribution in [0.1, 0.15) is 30.4 Å². The van der Waals surface area contributed by atoms with E-state index >= 15 is 0 Å². The Balaban J connectivity index is 0.00000220. The average molecular weight is 439 g/mol. The van der Waals surface area contributed by atoms with Crippen molar-refractivity contribution in [1.82, 2.24) is 19.7 Å². The topological polar surface area (TPSA) is 74.8 Å². The van der Waals surface area contributed by atoms with Gasteiger partial charge in [0.15, 0.2) is 0 Å². The number of aromatic nitrogens is 3. The number of nitrogens with one attached hydrogen (secondary N) is 1. The van der Waals surface area contributed by atoms with E-state index in [1.807, 2.05) is 10.9 Å². The van der Waals surface area contributed by atoms with Crippen molar-refractivity contribution in [3.63, 3.8) is 0 Å². The van der Waals surface area contributed by atoms with Crippen molar-refractivity contribution in [1.29, 1.82) is 0 Å². The van der Waals surface area contributed by atoms with Gasteiger partial charge in [-0.1, -0.05) is 0 Å². The van der Waals surface area contributed by atoms with Gasteiger partial charge in [-0.15, -0.1) is 17.9 Å². The smallest absolute Gasteiger partial charge is 0.676 e. The fourth-order valence-electron chi connectivity index (χ4n) is 1.63. The molecule has 0 radical (unpaired) electrons. The van der Waals surface area contributed by atoms with Crippen LogP contribution in [0.4, 0.5) is 0 Å². The summed E-state index contributed by atoms with van der Waals surface area (Å²) in [6.07, 6.45) is 3.67. The van der Waals surface area contributed by atoms with Gasteiger partial charge in [0, 0.05) is 23.2 Å². The molecular formula is C14H20CsN5OS-2. The monoisotopic (exact) mass is 439 g/mol. The zero-order chi connectivity index (χ0) is 14.7. The van der Waals surface area contributed by atoms with E-state index in [1.54, 1.807) is 11.6 Å². The van der Waals surface area contributed by atoms with Gasteiger partial charge in [-0.3, -0.25) is 16.5 Å². The minimum absolute atomic E-state index is 0. The molecule has 2 aromatic rings. The second kappa shape index (κ2) is 10.2. The molecule has 0 saturated carbocycles. The van der Waals surface area contributed by atoms with Crippen molar-refractivity contribution in [2.24, 2.45) is 0 Å². The third-order valence-corrected chi connectivity index (χ3v) is 3.66. The molecule has 0 aromatic carbocycles. The Hall–Kier alpha value is 0.322. The van der Waals surface area contributed by atoms with E-state index < -0.39 is 0 Å². The van der Waals surface area contributed by atoms with Crippen molar-refractivity contribution in [3.05, 3.63) is 43.7 Å². The number of nitrogens with zero attached hydrogens (tertiary/aromatic N) is 4. The van der Waals surface area contributed by atoms with Crippen molar-refractivity contribution in [3.8, 4) is 10.6 Å². The maximum absolute atomic E-state index is 12.0. The molecule has 0 saturated heterocycles. The molecule has 6 nitrogen and oxygen atoms in total. The predicted octanol–water partition coefficient (Wildman–Crippen LogP) is 0.328. The van der Waals surface area contributed by atoms with Crippen LogP contribution in [-0.2, 0) is 0 Å². The minimum Gasteiger partial charge on any atom is -0.676 e. The van der Waals surface area contributed by atoms with Crippen LogP contribution < -0.4 is 68.9 Å². The number of hydrogen-bond acceptors (Lipinski definition) is 4. The first-order valence-electron chi connectivity index (χ1n) is 6.30. The number of rotatable bonds is 5. The Morgan fingerprint density at radius 1 is 1.55 bits per heavy atom. The summed E-state index contributed by atoms with van der Waals surface area (Å²) in [6, 6.07) is 0.289. The number of thiazole rings is 1. The first-order valence-corrected chi connectivity index (χ1v) is 7.18. The molecule has 8 heteroatoms. The van der Waals surface area contributed by atoms with E-state index in [0.717, 1.165) is 10.6 Å². The van der Waals surface area contributed by atoms with Gasteiger partial charge in [0.05, 0.1) is 6.20 Å². The summed E-state index contributed by atoms with van der Waals surface area (Å²) < 4.78 is 1.85. The fourth-order valence-corrected chi connectivity index (χ4v) is 2.40. The molecule has 22 heavy (non-hydrogen) atoms. The minimum atomic E-state index is -0.254. The van der Waals surface area contributed by atoms with Crippen LogP contribution in [-0.4, -0.2) is 38.7 Å². The molecule has 0 aliphatic rings. The van der Waals surface area contributed by atoms with Crippen LogP contribution in [0.15, 0.2) is 17.8 Å². The second-order valence-corrected chi connectivity index (χ2v) is 5.52. The van der Waals surface area contributed by atoms with Crippen molar-refractivity contribution in [2.45, 2.75) is 19.9 Å². The first kappa shape index (κ1) is 22.3. The van der Waals surface area contributed by atoms with Gasteiger partial charge in [0.2, 0.25) is 5.91 Å². The van der Waals surface area contributed by atoms with Crippen LogP contribution in [0.3, 0.4) is 0 Å². The third-order valence-electron chi connectivity index (χ3n) is 2.77. The summed E-state index contributed by atoms with van der Waals surface area (Å²) in [5.41, 5.74) is 8.38. The molecule has 116 valence electrons. The molecule has 1 N–H and O–H groups in total. The van der Waals surface area contributed by atoms with Crippen LogP contribution in [0.25, 0.3) is 16.3 Å². The molecule has 2 rings (SSSR count). The number of hydrogen-bond donors (Lipinski definition) is 0. The Morgan fingerprint density at radius 3 is 2.77 bits per heavy atom. The van der Waals surface area contributed by atoms with E-state index in [4.69, 9.17) is 5.73 Å². The summed E-state index contributed by atoms with van der Waals surface area (Å²) in [6.45, 7) is 4.54. The van der Waals surface area contributed by atoms with Crippen molar-refractivity contribution in [2.75, 3.05) is 13.1 Å². The summed E-state index contributed by atoms with van der Waals surface area (Å²) in [4.78, 5) is 17.6. The summed E-state index contributed by atoms with van der Waals surface area (Å²) in [5, 5.41) is 6.74. The number of amides is 1. The van der Waals surface area contributed by atoms with E-state index in [-0.39, 0.29) is 94.8 Å². The standard InChI is InChI=1S/C13H17N5OS.CH3.Cs/c1-9(2)18-7-10(6-15-18)12-16-11(8-20-12)13(19)17(3)5-4-14;;/h6-9,14H,3-5H2,1-2H3;1H3;/q-2;-1;+1. The second-order valence-electron chi connectivity index (χ2n) is 4.66. The first-order chi connectivity index (χ1) is 9.52. The molecule has 0 bridgehead atoms. The van der Waals surface area contributed by atoms with Gasteiger partial charge in [-0.2, -0.15) is 5.10 Å². The zero-order valence-electron chi connectivity index (χ0n) is 13.5. The van der Waals surface area contributed by atoms with Gasteiger partial charge < -0.3 is 18.1 Å². The molecule has 1 amide bonds. The van der Waals surface area contributed by atoms with Crippen LogP contribution >= 0.6 is 11.3 Å². The summed E-state index contributed by atoms with van der Waals surface area (Å²) >= 11 is 1.40. The van der Waals surface area contributed by atoms with Gasteiger partial charge in [0.1, 0.15) is 10.7 Å². The average Bonchev–Trinajstić information content (AvgIpc) is 3.06. The van der Waals surface area contributed by atoms with Gasteiger partial charge in [-0.25, -0.2) is 4.98 Å². The molecule has 0 aliphatic carbocycles. The predicted molar refractivity (Wildman–Crippen MR) is 85.7 cm³/mol. The Bertz CT molecular complexity index is 596. The van der Waals surface area contributed by atoms with E-state index in [9.17, 15) is 4.79 Å². The van der Waals surface area contributed by atoms with Crippen molar-refractivity contribution < 1.29 is 73.7 Å². The molecule has 0 aliphatic heterocycles. The maximum atomic E-state index is 12.0. The number of carbonyl (C=O) groups is 1. The fraction of sp³-hybridized carbons (Fsp3) is 0.357. The molecule has 0 unspecified atom stereocenters. The largest absolute Gasteiger partial charge is 1.00 e.